The third kappa shape index (κ3) is 2.21. The predicted octanol–water partition coefficient (Wildman–Crippen LogP) is 0.529. The van der Waals surface area contributed by atoms with E-state index in [2.05, 4.69) is 19.2 Å². The van der Waals surface area contributed by atoms with Crippen LogP contribution < -0.4 is 5.32 Å². The number of rotatable bonds is 3. The van der Waals surface area contributed by atoms with Gasteiger partial charge in [0.2, 0.25) is 5.91 Å². The van der Waals surface area contributed by atoms with Gasteiger partial charge in [-0.2, -0.15) is 0 Å². The number of carbonyl (C=O) groups excluding carboxylic acids is 1. The van der Waals surface area contributed by atoms with E-state index in [0.29, 0.717) is 6.54 Å². The first-order valence-electron chi connectivity index (χ1n) is 4.39. The lowest BCUT2D eigenvalue weighted by Gasteiger charge is -2.07. The summed E-state index contributed by atoms with van der Waals surface area (Å²) in [5, 5.41) is 11.6. The van der Waals surface area contributed by atoms with Crippen molar-refractivity contribution in [1.29, 1.82) is 0 Å². The molecule has 1 aliphatic rings. The van der Waals surface area contributed by atoms with Crippen LogP contribution in [0.3, 0.4) is 0 Å². The van der Waals surface area contributed by atoms with Crippen molar-refractivity contribution in [2.75, 3.05) is 6.54 Å². The van der Waals surface area contributed by atoms with Crippen LogP contribution in [-0.4, -0.2) is 23.7 Å². The maximum absolute atomic E-state index is 11.3. The smallest absolute Gasteiger partial charge is 0.223 e. The Labute approximate surface area is 73.2 Å². The highest BCUT2D eigenvalue weighted by Gasteiger charge is 2.50. The summed E-state index contributed by atoms with van der Waals surface area (Å²) in [5.41, 5.74) is 0.183. The number of nitrogens with one attached hydrogen (secondary N) is 1. The second kappa shape index (κ2) is 3.05. The van der Waals surface area contributed by atoms with E-state index >= 15 is 0 Å². The van der Waals surface area contributed by atoms with Crippen molar-refractivity contribution in [2.24, 2.45) is 11.3 Å². The Morgan fingerprint density at radius 1 is 1.75 bits per heavy atom. The number of carbonyl (C=O) groups is 1. The molecule has 1 unspecified atom stereocenters. The van der Waals surface area contributed by atoms with Crippen molar-refractivity contribution in [2.45, 2.75) is 33.3 Å². The molecule has 12 heavy (non-hydrogen) atoms. The van der Waals surface area contributed by atoms with Gasteiger partial charge in [0, 0.05) is 12.5 Å². The van der Waals surface area contributed by atoms with E-state index in [4.69, 9.17) is 5.11 Å². The van der Waals surface area contributed by atoms with Gasteiger partial charge in [0.05, 0.1) is 6.10 Å². The number of aliphatic hydroxyl groups is 1. The molecule has 0 aliphatic heterocycles. The minimum absolute atomic E-state index is 0.0842. The maximum atomic E-state index is 11.3. The highest BCUT2D eigenvalue weighted by atomic mass is 16.3. The van der Waals surface area contributed by atoms with Crippen LogP contribution in [0.4, 0.5) is 0 Å². The van der Waals surface area contributed by atoms with Crippen LogP contribution >= 0.6 is 0 Å². The van der Waals surface area contributed by atoms with E-state index in [9.17, 15) is 4.79 Å². The Balaban J connectivity index is 2.23. The summed E-state index contributed by atoms with van der Waals surface area (Å²) in [5.74, 6) is 0.247. The first-order chi connectivity index (χ1) is 5.43. The lowest BCUT2D eigenvalue weighted by molar-refractivity contribution is -0.123. The van der Waals surface area contributed by atoms with Gasteiger partial charge in [0.25, 0.3) is 0 Å². The van der Waals surface area contributed by atoms with Crippen LogP contribution in [0.2, 0.25) is 0 Å². The Bertz CT molecular complexity index is 187. The average Bonchev–Trinajstić information content (AvgIpc) is 2.55. The second-order valence-electron chi connectivity index (χ2n) is 4.34. The van der Waals surface area contributed by atoms with Crippen molar-refractivity contribution in [1.82, 2.24) is 5.32 Å². The van der Waals surface area contributed by atoms with E-state index < -0.39 is 6.10 Å². The van der Waals surface area contributed by atoms with Gasteiger partial charge < -0.3 is 10.4 Å². The molecule has 1 aliphatic carbocycles. The third-order valence-corrected chi connectivity index (χ3v) is 2.40. The zero-order valence-corrected chi connectivity index (χ0v) is 7.92. The van der Waals surface area contributed by atoms with Crippen LogP contribution in [0, 0.1) is 11.3 Å². The zero-order valence-electron chi connectivity index (χ0n) is 7.92. The first kappa shape index (κ1) is 9.52. The van der Waals surface area contributed by atoms with Gasteiger partial charge in [0.15, 0.2) is 0 Å². The summed E-state index contributed by atoms with van der Waals surface area (Å²) in [6.07, 6.45) is 0.523. The third-order valence-electron chi connectivity index (χ3n) is 2.40. The summed E-state index contributed by atoms with van der Waals surface area (Å²) in [4.78, 5) is 11.3. The Kier molecular flexibility index (Phi) is 2.42. The maximum Gasteiger partial charge on any atom is 0.223 e. The van der Waals surface area contributed by atoms with Gasteiger partial charge in [-0.05, 0) is 18.8 Å². The molecule has 1 amide bonds. The van der Waals surface area contributed by atoms with Crippen LogP contribution in [-0.2, 0) is 4.79 Å². The summed E-state index contributed by atoms with van der Waals surface area (Å²) >= 11 is 0. The number of hydrogen-bond acceptors (Lipinski definition) is 2. The summed E-state index contributed by atoms with van der Waals surface area (Å²) < 4.78 is 0. The van der Waals surface area contributed by atoms with Gasteiger partial charge in [-0.1, -0.05) is 13.8 Å². The van der Waals surface area contributed by atoms with Crippen LogP contribution in [0.1, 0.15) is 27.2 Å². The molecule has 3 nitrogen and oxygen atoms in total. The molecule has 1 fully saturated rings. The van der Waals surface area contributed by atoms with Gasteiger partial charge in [0.1, 0.15) is 0 Å². The van der Waals surface area contributed by atoms with E-state index in [-0.39, 0.29) is 17.2 Å². The lowest BCUT2D eigenvalue weighted by atomic mass is 10.1. The highest BCUT2D eigenvalue weighted by Crippen LogP contribution is 2.51. The van der Waals surface area contributed by atoms with Crippen molar-refractivity contribution in [3.8, 4) is 0 Å². The predicted molar refractivity (Wildman–Crippen MR) is 46.6 cm³/mol. The molecule has 0 aromatic rings. The monoisotopic (exact) mass is 171 g/mol. The molecule has 0 radical (unpaired) electrons. The molecule has 0 bridgehead atoms. The van der Waals surface area contributed by atoms with Crippen LogP contribution in [0.5, 0.6) is 0 Å². The number of aliphatic hydroxyl groups excluding tert-OH is 1. The Hall–Kier alpha value is -0.570. The van der Waals surface area contributed by atoms with Gasteiger partial charge >= 0.3 is 0 Å². The molecular formula is C9H17NO2. The normalized spacial score (nSPS) is 27.8. The van der Waals surface area contributed by atoms with Crippen LogP contribution in [0.15, 0.2) is 0 Å². The SMILES string of the molecule is C[C@H](O)CNC(=O)C1CC1(C)C. The Morgan fingerprint density at radius 3 is 2.58 bits per heavy atom. The number of amides is 1. The van der Waals surface area contributed by atoms with Gasteiger partial charge in [-0.3, -0.25) is 4.79 Å². The van der Waals surface area contributed by atoms with E-state index in [1.165, 1.54) is 0 Å². The molecule has 2 atom stereocenters. The molecule has 0 aromatic carbocycles. The fourth-order valence-corrected chi connectivity index (χ4v) is 1.29. The van der Waals surface area contributed by atoms with Crippen molar-refractivity contribution < 1.29 is 9.90 Å². The molecule has 0 heterocycles. The average molecular weight is 171 g/mol. The van der Waals surface area contributed by atoms with Crippen molar-refractivity contribution >= 4 is 5.91 Å². The second-order valence-corrected chi connectivity index (χ2v) is 4.34. The van der Waals surface area contributed by atoms with Crippen molar-refractivity contribution in [3.05, 3.63) is 0 Å². The van der Waals surface area contributed by atoms with Crippen LogP contribution in [0.25, 0.3) is 0 Å². The molecule has 70 valence electrons. The summed E-state index contributed by atoms with van der Waals surface area (Å²) in [7, 11) is 0. The van der Waals surface area contributed by atoms with Gasteiger partial charge in [-0.25, -0.2) is 0 Å². The quantitative estimate of drug-likeness (QED) is 0.650. The lowest BCUT2D eigenvalue weighted by Crippen LogP contribution is -2.32. The molecule has 0 aromatic heterocycles. The largest absolute Gasteiger partial charge is 0.392 e. The topological polar surface area (TPSA) is 49.3 Å². The molecule has 1 saturated carbocycles. The standard InChI is InChI=1S/C9H17NO2/c1-6(11)5-10-8(12)7-4-9(7,2)3/h6-7,11H,4-5H2,1-3H3,(H,10,12)/t6-,7?/m0/s1. The van der Waals surface area contributed by atoms with E-state index in [0.717, 1.165) is 6.42 Å². The zero-order chi connectivity index (χ0) is 9.35. The Morgan fingerprint density at radius 2 is 2.25 bits per heavy atom. The minimum atomic E-state index is -0.448. The first-order valence-corrected chi connectivity index (χ1v) is 4.39. The summed E-state index contributed by atoms with van der Waals surface area (Å²) in [6, 6.07) is 0. The highest BCUT2D eigenvalue weighted by molar-refractivity contribution is 5.82. The van der Waals surface area contributed by atoms with Crippen molar-refractivity contribution in [3.63, 3.8) is 0 Å². The van der Waals surface area contributed by atoms with E-state index in [1.54, 1.807) is 6.92 Å². The minimum Gasteiger partial charge on any atom is -0.392 e. The fraction of sp³-hybridized carbons (Fsp3) is 0.889. The molecule has 0 spiro atoms. The van der Waals surface area contributed by atoms with Gasteiger partial charge in [-0.15, -0.1) is 0 Å². The van der Waals surface area contributed by atoms with E-state index in [1.807, 2.05) is 0 Å². The molecule has 3 heteroatoms. The number of hydrogen-bond donors (Lipinski definition) is 2. The fourth-order valence-electron chi connectivity index (χ4n) is 1.29. The molecule has 1 rings (SSSR count). The summed E-state index contributed by atoms with van der Waals surface area (Å²) in [6.45, 7) is 6.20. The molecule has 0 saturated heterocycles. The molecular weight excluding hydrogens is 154 g/mol. The molecule has 2 N–H and O–H groups in total.